The van der Waals surface area contributed by atoms with Crippen molar-refractivity contribution in [1.29, 1.82) is 0 Å². The fraction of sp³-hybridized carbons (Fsp3) is 0.333. The number of ether oxygens (including phenoxy) is 1. The predicted octanol–water partition coefficient (Wildman–Crippen LogP) is 2.45. The van der Waals surface area contributed by atoms with E-state index in [1.54, 1.807) is 0 Å². The van der Waals surface area contributed by atoms with E-state index in [4.69, 9.17) is 5.73 Å². The van der Waals surface area contributed by atoms with E-state index < -0.39 is 5.97 Å². The Morgan fingerprint density at radius 1 is 1.42 bits per heavy atom. The summed E-state index contributed by atoms with van der Waals surface area (Å²) in [5.74, 6) is -0.441. The number of unbranched alkanes of at least 4 members (excludes halogenated alkanes) is 1. The highest BCUT2D eigenvalue weighted by atomic mass is 16.5. The molecule has 0 atom stereocenters. The van der Waals surface area contributed by atoms with Crippen molar-refractivity contribution in [2.75, 3.05) is 7.11 Å². The monoisotopic (exact) mass is 263 g/mol. The number of aryl methyl sites for hydroxylation is 1. The quantitative estimate of drug-likeness (QED) is 0.514. The van der Waals surface area contributed by atoms with Crippen LogP contribution in [0.25, 0.3) is 5.70 Å². The van der Waals surface area contributed by atoms with Crippen molar-refractivity contribution < 1.29 is 14.3 Å². The van der Waals surface area contributed by atoms with Gasteiger partial charge < -0.3 is 15.3 Å². The van der Waals surface area contributed by atoms with Gasteiger partial charge in [-0.25, -0.2) is 4.79 Å². The van der Waals surface area contributed by atoms with Gasteiger partial charge in [-0.1, -0.05) is 30.7 Å². The molecule has 0 radical (unpaired) electrons. The molecule has 0 aliphatic heterocycles. The molecule has 104 valence electrons. The summed E-state index contributed by atoms with van der Waals surface area (Å²) in [4.78, 5) is 20.3. The third-order valence-corrected chi connectivity index (χ3v) is 2.23. The predicted molar refractivity (Wildman–Crippen MR) is 76.3 cm³/mol. The van der Waals surface area contributed by atoms with Crippen LogP contribution in [0.4, 0.5) is 0 Å². The summed E-state index contributed by atoms with van der Waals surface area (Å²) in [5, 5.41) is 0. The second-order valence-corrected chi connectivity index (χ2v) is 3.95. The van der Waals surface area contributed by atoms with Crippen molar-refractivity contribution in [2.24, 2.45) is 5.73 Å². The van der Waals surface area contributed by atoms with E-state index in [-0.39, 0.29) is 0 Å². The Bertz CT molecular complexity index is 439. The minimum Gasteiger partial charge on any atom is -0.466 e. The molecule has 0 aliphatic carbocycles. The van der Waals surface area contributed by atoms with Crippen molar-refractivity contribution in [3.8, 4) is 0 Å². The number of esters is 1. The van der Waals surface area contributed by atoms with Crippen LogP contribution in [0, 0.1) is 6.92 Å². The van der Waals surface area contributed by atoms with Crippen molar-refractivity contribution >= 4 is 18.0 Å². The summed E-state index contributed by atoms with van der Waals surface area (Å²) in [6.07, 6.45) is 3.89. The molecule has 1 aromatic rings. The third kappa shape index (κ3) is 7.76. The molecular weight excluding hydrogens is 242 g/mol. The first-order chi connectivity index (χ1) is 9.04. The Morgan fingerprint density at radius 3 is 2.53 bits per heavy atom. The molecule has 0 spiro atoms. The Hall–Kier alpha value is -2.10. The lowest BCUT2D eigenvalue weighted by Gasteiger charge is -2.02. The van der Waals surface area contributed by atoms with Crippen LogP contribution in [-0.2, 0) is 14.3 Å². The van der Waals surface area contributed by atoms with Gasteiger partial charge >= 0.3 is 5.97 Å². The van der Waals surface area contributed by atoms with Gasteiger partial charge in [-0.05, 0) is 25.0 Å². The fourth-order valence-electron chi connectivity index (χ4n) is 1.21. The maximum atomic E-state index is 10.9. The molecule has 0 amide bonds. The first kappa shape index (κ1) is 16.9. The van der Waals surface area contributed by atoms with Crippen LogP contribution in [-0.4, -0.2) is 19.4 Å². The zero-order valence-electron chi connectivity index (χ0n) is 11.7. The van der Waals surface area contributed by atoms with Crippen LogP contribution in [0.2, 0.25) is 0 Å². The van der Waals surface area contributed by atoms with Crippen molar-refractivity contribution in [2.45, 2.75) is 26.7 Å². The molecule has 0 fully saturated rings. The van der Waals surface area contributed by atoms with Gasteiger partial charge in [0.1, 0.15) is 6.29 Å². The molecule has 1 aromatic carbocycles. The van der Waals surface area contributed by atoms with Gasteiger partial charge in [-0.2, -0.15) is 0 Å². The highest BCUT2D eigenvalue weighted by Crippen LogP contribution is 2.10. The molecule has 0 aromatic heterocycles. The van der Waals surface area contributed by atoms with Gasteiger partial charge in [0.25, 0.3) is 0 Å². The lowest BCUT2D eigenvalue weighted by molar-refractivity contribution is -0.134. The van der Waals surface area contributed by atoms with Crippen LogP contribution in [0.1, 0.15) is 30.9 Å². The van der Waals surface area contributed by atoms with E-state index >= 15 is 0 Å². The number of carbonyl (C=O) groups excluding carboxylic acids is 2. The smallest absolute Gasteiger partial charge is 0.332 e. The highest BCUT2D eigenvalue weighted by molar-refractivity contribution is 5.90. The first-order valence-electron chi connectivity index (χ1n) is 6.10. The summed E-state index contributed by atoms with van der Waals surface area (Å²) in [5.41, 5.74) is 8.05. The van der Waals surface area contributed by atoms with E-state index in [1.807, 2.05) is 38.1 Å². The van der Waals surface area contributed by atoms with E-state index in [0.29, 0.717) is 12.1 Å². The van der Waals surface area contributed by atoms with Crippen molar-refractivity contribution in [3.05, 3.63) is 41.5 Å². The summed E-state index contributed by atoms with van der Waals surface area (Å²) in [6.45, 7) is 3.95. The highest BCUT2D eigenvalue weighted by Gasteiger charge is 2.00. The van der Waals surface area contributed by atoms with E-state index in [0.717, 1.165) is 23.8 Å². The first-order valence-corrected chi connectivity index (χ1v) is 6.10. The average molecular weight is 263 g/mol. The van der Waals surface area contributed by atoms with E-state index in [9.17, 15) is 9.59 Å². The molecule has 0 unspecified atom stereocenters. The van der Waals surface area contributed by atoms with Crippen LogP contribution in [0.5, 0.6) is 0 Å². The summed E-state index contributed by atoms with van der Waals surface area (Å²) in [7, 11) is 1.32. The Kier molecular flexibility index (Phi) is 8.79. The van der Waals surface area contributed by atoms with Crippen LogP contribution in [0.3, 0.4) is 0 Å². The number of benzene rings is 1. The van der Waals surface area contributed by atoms with Crippen molar-refractivity contribution in [1.82, 2.24) is 0 Å². The molecule has 4 heteroatoms. The van der Waals surface area contributed by atoms with Gasteiger partial charge in [0.2, 0.25) is 0 Å². The molecule has 0 aliphatic rings. The SMILES string of the molecule is CCCC=O.COC(=O)/C=C(/N)c1cccc(C)c1. The maximum Gasteiger partial charge on any atom is 0.332 e. The number of rotatable bonds is 4. The number of aldehydes is 1. The molecule has 1 rings (SSSR count). The lowest BCUT2D eigenvalue weighted by Crippen LogP contribution is -2.03. The maximum absolute atomic E-state index is 10.9. The molecule has 2 N–H and O–H groups in total. The standard InChI is InChI=1S/C11H13NO2.C4H8O/c1-8-4-3-5-9(6-8)10(12)7-11(13)14-2;1-2-3-4-5/h3-7H,12H2,1-2H3;4H,2-3H2,1H3/b10-7+;. The fourth-order valence-corrected chi connectivity index (χ4v) is 1.21. The largest absolute Gasteiger partial charge is 0.466 e. The molecule has 0 saturated carbocycles. The number of hydrogen-bond donors (Lipinski definition) is 1. The second kappa shape index (κ2) is 9.88. The Labute approximate surface area is 114 Å². The number of methoxy groups -OCH3 is 1. The van der Waals surface area contributed by atoms with Crippen LogP contribution >= 0.6 is 0 Å². The van der Waals surface area contributed by atoms with Gasteiger partial charge in [-0.3, -0.25) is 0 Å². The normalized spacial score (nSPS) is 10.2. The van der Waals surface area contributed by atoms with Gasteiger partial charge in [-0.15, -0.1) is 0 Å². The minimum absolute atomic E-state index is 0.417. The number of nitrogens with two attached hydrogens (primary N) is 1. The van der Waals surface area contributed by atoms with E-state index in [1.165, 1.54) is 13.2 Å². The van der Waals surface area contributed by atoms with Crippen molar-refractivity contribution in [3.63, 3.8) is 0 Å². The average Bonchev–Trinajstić information content (AvgIpc) is 2.40. The van der Waals surface area contributed by atoms with Crippen LogP contribution < -0.4 is 5.73 Å². The third-order valence-electron chi connectivity index (χ3n) is 2.23. The van der Waals surface area contributed by atoms with E-state index in [2.05, 4.69) is 4.74 Å². The summed E-state index contributed by atoms with van der Waals surface area (Å²) < 4.78 is 4.48. The molecule has 0 heterocycles. The number of carbonyl (C=O) groups is 2. The van der Waals surface area contributed by atoms with Gasteiger partial charge in [0, 0.05) is 18.2 Å². The zero-order chi connectivity index (χ0) is 14.7. The molecular formula is C15H21NO3. The Morgan fingerprint density at radius 2 is 2.11 bits per heavy atom. The topological polar surface area (TPSA) is 69.4 Å². The molecule has 19 heavy (non-hydrogen) atoms. The minimum atomic E-state index is -0.441. The number of hydrogen-bond acceptors (Lipinski definition) is 4. The molecule has 4 nitrogen and oxygen atoms in total. The van der Waals surface area contributed by atoms with Gasteiger partial charge in [0.15, 0.2) is 0 Å². The van der Waals surface area contributed by atoms with Gasteiger partial charge in [0.05, 0.1) is 7.11 Å². The zero-order valence-corrected chi connectivity index (χ0v) is 11.7. The summed E-state index contributed by atoms with van der Waals surface area (Å²) in [6, 6.07) is 7.62. The summed E-state index contributed by atoms with van der Waals surface area (Å²) >= 11 is 0. The molecule has 0 bridgehead atoms. The Balaban J connectivity index is 0.000000555. The second-order valence-electron chi connectivity index (χ2n) is 3.95. The molecule has 0 saturated heterocycles. The lowest BCUT2D eigenvalue weighted by atomic mass is 10.1. The van der Waals surface area contributed by atoms with Crippen LogP contribution in [0.15, 0.2) is 30.3 Å².